The number of nitrogens with one attached hydrogen (secondary N) is 1. The third-order valence-electron chi connectivity index (χ3n) is 3.99. The highest BCUT2D eigenvalue weighted by atomic mass is 32.2. The van der Waals surface area contributed by atoms with Crippen molar-refractivity contribution < 1.29 is 13.2 Å². The van der Waals surface area contributed by atoms with E-state index in [2.05, 4.69) is 5.32 Å². The molecular formula is C19H21N3O3S. The van der Waals surface area contributed by atoms with E-state index in [4.69, 9.17) is 5.26 Å². The van der Waals surface area contributed by atoms with Gasteiger partial charge in [0.15, 0.2) is 0 Å². The molecule has 1 N–H and O–H groups in total. The second-order valence-electron chi connectivity index (χ2n) is 5.98. The summed E-state index contributed by atoms with van der Waals surface area (Å²) in [7, 11) is -3.46. The van der Waals surface area contributed by atoms with Crippen LogP contribution in [0, 0.1) is 18.3 Å². The summed E-state index contributed by atoms with van der Waals surface area (Å²) in [6.07, 6.45) is 1.13. The Morgan fingerprint density at radius 1 is 1.15 bits per heavy atom. The molecule has 2 rings (SSSR count). The number of para-hydroxylation sites is 1. The number of sulfonamides is 1. The first-order chi connectivity index (χ1) is 12.3. The van der Waals surface area contributed by atoms with Crippen molar-refractivity contribution >= 4 is 21.6 Å². The van der Waals surface area contributed by atoms with Gasteiger partial charge in [-0.05, 0) is 30.2 Å². The highest BCUT2D eigenvalue weighted by molar-refractivity contribution is 7.88. The lowest BCUT2D eigenvalue weighted by molar-refractivity contribution is -0.116. The molecule has 0 spiro atoms. The van der Waals surface area contributed by atoms with Gasteiger partial charge in [-0.2, -0.15) is 9.57 Å². The van der Waals surface area contributed by atoms with Crippen LogP contribution in [-0.2, 0) is 21.4 Å². The van der Waals surface area contributed by atoms with E-state index in [0.29, 0.717) is 11.3 Å². The monoisotopic (exact) mass is 371 g/mol. The minimum Gasteiger partial charge on any atom is -0.325 e. The number of anilines is 1. The maximum absolute atomic E-state index is 12.2. The van der Waals surface area contributed by atoms with E-state index in [1.54, 1.807) is 24.3 Å². The maximum atomic E-state index is 12.2. The second kappa shape index (κ2) is 8.61. The summed E-state index contributed by atoms with van der Waals surface area (Å²) in [6.45, 7) is 2.20. The summed E-state index contributed by atoms with van der Waals surface area (Å²) in [6, 6.07) is 16.2. The molecule has 0 heterocycles. The number of hydrogen-bond donors (Lipinski definition) is 1. The van der Waals surface area contributed by atoms with E-state index >= 15 is 0 Å². The lowest BCUT2D eigenvalue weighted by atomic mass is 10.1. The average Bonchev–Trinajstić information content (AvgIpc) is 2.59. The van der Waals surface area contributed by atoms with Gasteiger partial charge < -0.3 is 5.32 Å². The Hall–Kier alpha value is -2.69. The van der Waals surface area contributed by atoms with E-state index in [1.807, 2.05) is 37.3 Å². The number of rotatable bonds is 7. The SMILES string of the molecule is Cc1ccccc1CN(CCC(=O)Nc1ccccc1C#N)S(C)(=O)=O. The summed E-state index contributed by atoms with van der Waals surface area (Å²) in [5.41, 5.74) is 2.67. The minimum atomic E-state index is -3.46. The molecule has 0 fully saturated rings. The third kappa shape index (κ3) is 5.41. The van der Waals surface area contributed by atoms with Crippen LogP contribution >= 0.6 is 0 Å². The quantitative estimate of drug-likeness (QED) is 0.810. The number of nitriles is 1. The molecule has 0 saturated heterocycles. The van der Waals surface area contributed by atoms with Gasteiger partial charge in [-0.3, -0.25) is 4.79 Å². The number of amides is 1. The van der Waals surface area contributed by atoms with Gasteiger partial charge in [0, 0.05) is 19.5 Å². The van der Waals surface area contributed by atoms with Gasteiger partial charge in [0.2, 0.25) is 15.9 Å². The maximum Gasteiger partial charge on any atom is 0.225 e. The molecule has 0 bridgehead atoms. The molecule has 2 aromatic carbocycles. The first kappa shape index (κ1) is 19.6. The number of carbonyl (C=O) groups is 1. The molecule has 0 radical (unpaired) electrons. The number of benzene rings is 2. The van der Waals surface area contributed by atoms with Crippen LogP contribution in [0.4, 0.5) is 5.69 Å². The zero-order valence-electron chi connectivity index (χ0n) is 14.8. The minimum absolute atomic E-state index is 0.00128. The molecule has 7 heteroatoms. The van der Waals surface area contributed by atoms with Crippen molar-refractivity contribution in [1.29, 1.82) is 5.26 Å². The van der Waals surface area contributed by atoms with Crippen LogP contribution in [0.5, 0.6) is 0 Å². The molecule has 136 valence electrons. The predicted octanol–water partition coefficient (Wildman–Crippen LogP) is 2.66. The summed E-state index contributed by atoms with van der Waals surface area (Å²) in [5.74, 6) is -0.342. The van der Waals surface area contributed by atoms with Crippen molar-refractivity contribution in [3.05, 3.63) is 65.2 Å². The molecule has 1 amide bonds. The van der Waals surface area contributed by atoms with Gasteiger partial charge in [-0.1, -0.05) is 36.4 Å². The van der Waals surface area contributed by atoms with Crippen molar-refractivity contribution in [2.75, 3.05) is 18.1 Å². The molecule has 6 nitrogen and oxygen atoms in total. The predicted molar refractivity (Wildman–Crippen MR) is 101 cm³/mol. The zero-order chi connectivity index (χ0) is 19.2. The van der Waals surface area contributed by atoms with E-state index < -0.39 is 10.0 Å². The van der Waals surface area contributed by atoms with Crippen molar-refractivity contribution in [1.82, 2.24) is 4.31 Å². The molecule has 0 aliphatic heterocycles. The van der Waals surface area contributed by atoms with Gasteiger partial charge in [0.05, 0.1) is 17.5 Å². The first-order valence-electron chi connectivity index (χ1n) is 8.10. The molecule has 0 aliphatic carbocycles. The van der Waals surface area contributed by atoms with E-state index in [1.165, 1.54) is 4.31 Å². The van der Waals surface area contributed by atoms with Crippen LogP contribution in [0.3, 0.4) is 0 Å². The molecule has 0 aliphatic rings. The molecule has 2 aromatic rings. The van der Waals surface area contributed by atoms with Crippen molar-refractivity contribution in [2.45, 2.75) is 19.9 Å². The van der Waals surface area contributed by atoms with Gasteiger partial charge in [-0.15, -0.1) is 0 Å². The number of carbonyl (C=O) groups excluding carboxylic acids is 1. The Kier molecular flexibility index (Phi) is 6.50. The molecular weight excluding hydrogens is 350 g/mol. The summed E-state index contributed by atoms with van der Waals surface area (Å²) < 4.78 is 25.4. The Morgan fingerprint density at radius 3 is 2.46 bits per heavy atom. The molecule has 0 aromatic heterocycles. The van der Waals surface area contributed by atoms with Crippen LogP contribution < -0.4 is 5.32 Å². The van der Waals surface area contributed by atoms with E-state index in [9.17, 15) is 13.2 Å². The first-order valence-corrected chi connectivity index (χ1v) is 9.94. The van der Waals surface area contributed by atoms with E-state index in [-0.39, 0.29) is 25.4 Å². The fourth-order valence-electron chi connectivity index (χ4n) is 2.47. The second-order valence-corrected chi connectivity index (χ2v) is 7.96. The van der Waals surface area contributed by atoms with E-state index in [0.717, 1.165) is 17.4 Å². The topological polar surface area (TPSA) is 90.3 Å². The molecule has 26 heavy (non-hydrogen) atoms. The Morgan fingerprint density at radius 2 is 1.81 bits per heavy atom. The Balaban J connectivity index is 2.04. The highest BCUT2D eigenvalue weighted by Crippen LogP contribution is 2.15. The lowest BCUT2D eigenvalue weighted by Gasteiger charge is -2.21. The number of aryl methyl sites for hydroxylation is 1. The van der Waals surface area contributed by atoms with Crippen LogP contribution in [0.2, 0.25) is 0 Å². The van der Waals surface area contributed by atoms with Crippen LogP contribution in [-0.4, -0.2) is 31.4 Å². The van der Waals surface area contributed by atoms with Crippen LogP contribution in [0.25, 0.3) is 0 Å². The lowest BCUT2D eigenvalue weighted by Crippen LogP contribution is -2.32. The highest BCUT2D eigenvalue weighted by Gasteiger charge is 2.19. The largest absolute Gasteiger partial charge is 0.325 e. The summed E-state index contributed by atoms with van der Waals surface area (Å²) in [5, 5.41) is 11.7. The summed E-state index contributed by atoms with van der Waals surface area (Å²) >= 11 is 0. The Bertz CT molecular complexity index is 933. The fraction of sp³-hybridized carbons (Fsp3) is 0.263. The smallest absolute Gasteiger partial charge is 0.225 e. The summed E-state index contributed by atoms with van der Waals surface area (Å²) in [4.78, 5) is 12.2. The molecule has 0 atom stereocenters. The number of hydrogen-bond acceptors (Lipinski definition) is 4. The normalized spacial score (nSPS) is 11.2. The Labute approximate surface area is 154 Å². The molecule has 0 unspecified atom stereocenters. The van der Waals surface area contributed by atoms with Crippen LogP contribution in [0.1, 0.15) is 23.1 Å². The zero-order valence-corrected chi connectivity index (χ0v) is 15.6. The average molecular weight is 371 g/mol. The van der Waals surface area contributed by atoms with Gasteiger partial charge in [0.1, 0.15) is 6.07 Å². The standard InChI is InChI=1S/C19H21N3O3S/c1-15-7-3-4-9-17(15)14-22(26(2,24)25)12-11-19(23)21-18-10-6-5-8-16(18)13-20/h3-10H,11-12,14H2,1-2H3,(H,21,23). The third-order valence-corrected chi connectivity index (χ3v) is 5.24. The van der Waals surface area contributed by atoms with Gasteiger partial charge in [0.25, 0.3) is 0 Å². The van der Waals surface area contributed by atoms with Gasteiger partial charge >= 0.3 is 0 Å². The van der Waals surface area contributed by atoms with Crippen LogP contribution in [0.15, 0.2) is 48.5 Å². The molecule has 0 saturated carbocycles. The number of nitrogens with zero attached hydrogens (tertiary/aromatic N) is 2. The van der Waals surface area contributed by atoms with Crippen molar-refractivity contribution in [3.8, 4) is 6.07 Å². The fourth-order valence-corrected chi connectivity index (χ4v) is 3.26. The van der Waals surface area contributed by atoms with Crippen molar-refractivity contribution in [3.63, 3.8) is 0 Å². The van der Waals surface area contributed by atoms with Gasteiger partial charge in [-0.25, -0.2) is 8.42 Å². The van der Waals surface area contributed by atoms with Crippen molar-refractivity contribution in [2.24, 2.45) is 0 Å².